The molecule has 1 amide bonds. The minimum absolute atomic E-state index is 0.0226. The zero-order chi connectivity index (χ0) is 18.9. The quantitative estimate of drug-likeness (QED) is 0.421. The molecular weight excluding hydrogens is 322 g/mol. The predicted octanol–water partition coefficient (Wildman–Crippen LogP) is 3.09. The molecule has 0 saturated carbocycles. The van der Waals surface area contributed by atoms with E-state index in [-0.39, 0.29) is 5.56 Å². The number of nitrogens with one attached hydrogen (secondary N) is 1. The maximum atomic E-state index is 11.6. The monoisotopic (exact) mass is 349 g/mol. The van der Waals surface area contributed by atoms with Gasteiger partial charge in [0.2, 0.25) is 5.91 Å². The number of benzene rings is 1. The molecule has 0 radical (unpaired) electrons. The molecule has 0 atom stereocenters. The van der Waals surface area contributed by atoms with Crippen molar-refractivity contribution < 1.29 is 24.6 Å². The SMILES string of the molecule is CCCCCCCCc1ccc(C(NC(C)=O)(C(=O)O)C(=O)O)cc1. The van der Waals surface area contributed by atoms with Crippen molar-refractivity contribution in [1.29, 1.82) is 0 Å². The molecule has 6 heteroatoms. The van der Waals surface area contributed by atoms with Crippen molar-refractivity contribution in [2.24, 2.45) is 0 Å². The largest absolute Gasteiger partial charge is 0.479 e. The Kier molecular flexibility index (Phi) is 8.11. The van der Waals surface area contributed by atoms with Crippen molar-refractivity contribution >= 4 is 17.8 Å². The summed E-state index contributed by atoms with van der Waals surface area (Å²) in [7, 11) is 0. The van der Waals surface area contributed by atoms with E-state index in [0.29, 0.717) is 0 Å². The Balaban J connectivity index is 2.82. The number of carboxylic acid groups (broad SMARTS) is 2. The lowest BCUT2D eigenvalue weighted by atomic mass is 9.88. The van der Waals surface area contributed by atoms with Gasteiger partial charge in [-0.3, -0.25) is 4.79 Å². The molecule has 0 aromatic heterocycles. The van der Waals surface area contributed by atoms with Gasteiger partial charge in [-0.1, -0.05) is 63.3 Å². The summed E-state index contributed by atoms with van der Waals surface area (Å²) in [4.78, 5) is 34.5. The van der Waals surface area contributed by atoms with Crippen LogP contribution in [0.15, 0.2) is 24.3 Å². The predicted molar refractivity (Wildman–Crippen MR) is 94.3 cm³/mol. The number of carboxylic acids is 2. The maximum absolute atomic E-state index is 11.6. The van der Waals surface area contributed by atoms with Crippen LogP contribution in [0.4, 0.5) is 0 Å². The van der Waals surface area contributed by atoms with Gasteiger partial charge >= 0.3 is 11.9 Å². The lowest BCUT2D eigenvalue weighted by Gasteiger charge is -2.26. The summed E-state index contributed by atoms with van der Waals surface area (Å²) in [6.45, 7) is 3.27. The van der Waals surface area contributed by atoms with Gasteiger partial charge < -0.3 is 15.5 Å². The molecule has 0 saturated heterocycles. The molecule has 0 unspecified atom stereocenters. The van der Waals surface area contributed by atoms with Gasteiger partial charge in [-0.05, 0) is 18.4 Å². The Hall–Kier alpha value is -2.37. The smallest absolute Gasteiger partial charge is 0.346 e. The van der Waals surface area contributed by atoms with Crippen LogP contribution in [0, 0.1) is 0 Å². The van der Waals surface area contributed by atoms with Crippen molar-refractivity contribution in [1.82, 2.24) is 5.32 Å². The Morgan fingerprint density at radius 2 is 1.44 bits per heavy atom. The van der Waals surface area contributed by atoms with E-state index in [9.17, 15) is 24.6 Å². The van der Waals surface area contributed by atoms with E-state index < -0.39 is 23.4 Å². The lowest BCUT2D eigenvalue weighted by molar-refractivity contribution is -0.161. The van der Waals surface area contributed by atoms with Gasteiger partial charge in [-0.15, -0.1) is 0 Å². The van der Waals surface area contributed by atoms with E-state index in [1.165, 1.54) is 37.8 Å². The number of hydrogen-bond donors (Lipinski definition) is 3. The topological polar surface area (TPSA) is 104 Å². The van der Waals surface area contributed by atoms with Crippen molar-refractivity contribution in [3.63, 3.8) is 0 Å². The third-order valence-corrected chi connectivity index (χ3v) is 4.21. The summed E-state index contributed by atoms with van der Waals surface area (Å²) in [5, 5.41) is 20.9. The Morgan fingerprint density at radius 1 is 0.920 bits per heavy atom. The minimum atomic E-state index is -2.47. The van der Waals surface area contributed by atoms with Crippen LogP contribution in [-0.4, -0.2) is 28.1 Å². The van der Waals surface area contributed by atoms with Crippen LogP contribution in [-0.2, 0) is 26.3 Å². The van der Waals surface area contributed by atoms with E-state index in [2.05, 4.69) is 12.2 Å². The van der Waals surface area contributed by atoms with Gasteiger partial charge in [0.15, 0.2) is 0 Å². The number of carbonyl (C=O) groups excluding carboxylic acids is 1. The van der Waals surface area contributed by atoms with Crippen LogP contribution < -0.4 is 5.32 Å². The first-order valence-corrected chi connectivity index (χ1v) is 8.69. The molecular formula is C19H27NO5. The molecule has 1 rings (SSSR count). The molecule has 6 nitrogen and oxygen atoms in total. The van der Waals surface area contributed by atoms with E-state index in [0.717, 1.165) is 31.7 Å². The molecule has 25 heavy (non-hydrogen) atoms. The number of amides is 1. The summed E-state index contributed by atoms with van der Waals surface area (Å²) >= 11 is 0. The second kappa shape index (κ2) is 9.81. The van der Waals surface area contributed by atoms with Gasteiger partial charge in [-0.2, -0.15) is 0 Å². The number of hydrogen-bond acceptors (Lipinski definition) is 3. The van der Waals surface area contributed by atoms with Crippen molar-refractivity contribution in [3.05, 3.63) is 35.4 Å². The third kappa shape index (κ3) is 5.59. The van der Waals surface area contributed by atoms with Crippen molar-refractivity contribution in [3.8, 4) is 0 Å². The first-order chi connectivity index (χ1) is 11.8. The molecule has 0 fully saturated rings. The third-order valence-electron chi connectivity index (χ3n) is 4.21. The van der Waals surface area contributed by atoms with E-state index in [4.69, 9.17) is 0 Å². The van der Waals surface area contributed by atoms with Crippen LogP contribution >= 0.6 is 0 Å². The van der Waals surface area contributed by atoms with Crippen molar-refractivity contribution in [2.75, 3.05) is 0 Å². The zero-order valence-electron chi connectivity index (χ0n) is 14.9. The summed E-state index contributed by atoms with van der Waals surface area (Å²) in [5.41, 5.74) is -1.43. The number of aliphatic carboxylic acids is 2. The van der Waals surface area contributed by atoms with Gasteiger partial charge in [-0.25, -0.2) is 9.59 Å². The Labute approximate surface area is 148 Å². The summed E-state index contributed by atoms with van der Waals surface area (Å²) in [5.74, 6) is -3.97. The fourth-order valence-corrected chi connectivity index (χ4v) is 2.81. The van der Waals surface area contributed by atoms with E-state index in [1.807, 2.05) is 0 Å². The van der Waals surface area contributed by atoms with E-state index >= 15 is 0 Å². The van der Waals surface area contributed by atoms with Crippen LogP contribution in [0.3, 0.4) is 0 Å². The second-order valence-electron chi connectivity index (χ2n) is 6.26. The first kappa shape index (κ1) is 20.7. The molecule has 1 aromatic carbocycles. The highest BCUT2D eigenvalue weighted by Crippen LogP contribution is 2.24. The molecule has 0 aliphatic carbocycles. The van der Waals surface area contributed by atoms with E-state index in [1.54, 1.807) is 12.1 Å². The molecule has 0 bridgehead atoms. The highest BCUT2D eigenvalue weighted by molar-refractivity contribution is 6.06. The molecule has 3 N–H and O–H groups in total. The Bertz CT molecular complexity index is 580. The zero-order valence-corrected chi connectivity index (χ0v) is 14.9. The first-order valence-electron chi connectivity index (χ1n) is 8.69. The van der Waals surface area contributed by atoms with Crippen LogP contribution in [0.25, 0.3) is 0 Å². The standard InChI is InChI=1S/C19H27NO5/c1-3-4-5-6-7-8-9-15-10-12-16(13-11-15)19(17(22)23,18(24)25)20-14(2)21/h10-13H,3-9H2,1-2H3,(H,20,21)(H,22,23)(H,24,25). The molecule has 0 aliphatic rings. The summed E-state index contributed by atoms with van der Waals surface area (Å²) in [6.07, 6.45) is 7.95. The fraction of sp³-hybridized carbons (Fsp3) is 0.526. The van der Waals surface area contributed by atoms with Crippen LogP contribution in [0.5, 0.6) is 0 Å². The van der Waals surface area contributed by atoms with Gasteiger partial charge in [0, 0.05) is 12.5 Å². The molecule has 0 aliphatic heterocycles. The van der Waals surface area contributed by atoms with Gasteiger partial charge in [0.1, 0.15) is 0 Å². The summed E-state index contributed by atoms with van der Waals surface area (Å²) < 4.78 is 0. The average Bonchev–Trinajstić information content (AvgIpc) is 2.55. The number of rotatable bonds is 11. The lowest BCUT2D eigenvalue weighted by Crippen LogP contribution is -2.56. The van der Waals surface area contributed by atoms with Crippen molar-refractivity contribution in [2.45, 2.75) is 64.3 Å². The van der Waals surface area contributed by atoms with Gasteiger partial charge in [0.05, 0.1) is 0 Å². The molecule has 0 heterocycles. The Morgan fingerprint density at radius 3 is 1.92 bits per heavy atom. The number of unbranched alkanes of at least 4 members (excludes halogenated alkanes) is 5. The molecule has 138 valence electrons. The minimum Gasteiger partial charge on any atom is -0.479 e. The average molecular weight is 349 g/mol. The maximum Gasteiger partial charge on any atom is 0.346 e. The number of aryl methyl sites for hydroxylation is 1. The number of carbonyl (C=O) groups is 3. The van der Waals surface area contributed by atoms with Crippen LogP contribution in [0.2, 0.25) is 0 Å². The molecule has 1 aromatic rings. The highest BCUT2D eigenvalue weighted by atomic mass is 16.4. The highest BCUT2D eigenvalue weighted by Gasteiger charge is 2.49. The van der Waals surface area contributed by atoms with Gasteiger partial charge in [0.25, 0.3) is 5.54 Å². The second-order valence-corrected chi connectivity index (χ2v) is 6.26. The van der Waals surface area contributed by atoms with Crippen LogP contribution in [0.1, 0.15) is 63.5 Å². The summed E-state index contributed by atoms with van der Waals surface area (Å²) in [6, 6.07) is 6.38. The molecule has 0 spiro atoms. The normalized spacial score (nSPS) is 11.1. The fourth-order valence-electron chi connectivity index (χ4n) is 2.81.